The van der Waals surface area contributed by atoms with Crippen LogP contribution in [0.2, 0.25) is 0 Å². The molecule has 0 aromatic heterocycles. The van der Waals surface area contributed by atoms with Gasteiger partial charge in [0.1, 0.15) is 5.75 Å². The quantitative estimate of drug-likeness (QED) is 0.552. The first kappa shape index (κ1) is 19.4. The Kier molecular flexibility index (Phi) is 6.99. The van der Waals surface area contributed by atoms with Crippen LogP contribution in [0.15, 0.2) is 29.2 Å². The number of sulfonamides is 1. The van der Waals surface area contributed by atoms with E-state index in [4.69, 9.17) is 9.84 Å². The van der Waals surface area contributed by atoms with Crippen molar-refractivity contribution in [2.45, 2.75) is 43.6 Å². The number of nitrogens with one attached hydrogen (secondary N) is 1. The average Bonchev–Trinajstić information content (AvgIpc) is 2.50. The molecule has 0 saturated carbocycles. The lowest BCUT2D eigenvalue weighted by atomic mass is 10.1. The maximum absolute atomic E-state index is 12.1. The minimum Gasteiger partial charge on any atom is -0.494 e. The molecule has 0 amide bonds. The summed E-state index contributed by atoms with van der Waals surface area (Å²) in [5.74, 6) is -0.936. The number of carbonyl (C=O) groups is 1. The summed E-state index contributed by atoms with van der Waals surface area (Å²) in [6.07, 6.45) is 3.09. The fourth-order valence-electron chi connectivity index (χ4n) is 1.65. The number of rotatable bonds is 10. The van der Waals surface area contributed by atoms with Crippen LogP contribution in [0, 0.1) is 0 Å². The molecule has 1 atom stereocenters. The van der Waals surface area contributed by atoms with Gasteiger partial charge in [0.05, 0.1) is 18.0 Å². The van der Waals surface area contributed by atoms with E-state index < -0.39 is 28.1 Å². The van der Waals surface area contributed by atoms with Gasteiger partial charge in [-0.2, -0.15) is 0 Å². The topological polar surface area (TPSA) is 113 Å². The first-order valence-corrected chi connectivity index (χ1v) is 8.85. The Morgan fingerprint density at radius 1 is 1.26 bits per heavy atom. The molecule has 0 radical (unpaired) electrons. The number of aliphatic hydroxyl groups is 1. The van der Waals surface area contributed by atoms with Crippen molar-refractivity contribution < 1.29 is 28.2 Å². The van der Waals surface area contributed by atoms with Crippen molar-refractivity contribution in [3.8, 4) is 5.75 Å². The van der Waals surface area contributed by atoms with Gasteiger partial charge in [-0.25, -0.2) is 17.9 Å². The molecule has 23 heavy (non-hydrogen) atoms. The lowest BCUT2D eigenvalue weighted by Gasteiger charge is -2.18. The second-order valence-corrected chi connectivity index (χ2v) is 7.20. The summed E-state index contributed by atoms with van der Waals surface area (Å²) >= 11 is 0. The van der Waals surface area contributed by atoms with Crippen molar-refractivity contribution in [1.29, 1.82) is 0 Å². The van der Waals surface area contributed by atoms with E-state index in [-0.39, 0.29) is 4.90 Å². The molecule has 7 nitrogen and oxygen atoms in total. The fourth-order valence-corrected chi connectivity index (χ4v) is 2.78. The number of hydrogen-bond donors (Lipinski definition) is 3. The minimum absolute atomic E-state index is 0.0282. The Balaban J connectivity index is 2.65. The summed E-state index contributed by atoms with van der Waals surface area (Å²) in [7, 11) is -3.90. The fraction of sp³-hybridized carbons (Fsp3) is 0.533. The molecule has 1 aromatic carbocycles. The average molecular weight is 345 g/mol. The number of unbranched alkanes of at least 4 members (excludes halogenated alkanes) is 2. The van der Waals surface area contributed by atoms with E-state index in [1.807, 2.05) is 0 Å². The van der Waals surface area contributed by atoms with E-state index in [9.17, 15) is 18.3 Å². The Bertz CT molecular complexity index is 609. The van der Waals surface area contributed by atoms with Crippen LogP contribution >= 0.6 is 0 Å². The van der Waals surface area contributed by atoms with Crippen molar-refractivity contribution in [3.63, 3.8) is 0 Å². The Morgan fingerprint density at radius 3 is 2.39 bits per heavy atom. The van der Waals surface area contributed by atoms with Crippen LogP contribution in [0.1, 0.15) is 33.1 Å². The maximum Gasteiger partial charge on any atom is 0.336 e. The predicted molar refractivity (Wildman–Crippen MR) is 84.9 cm³/mol. The molecule has 0 aliphatic heterocycles. The molecular formula is C15H23NO6S. The van der Waals surface area contributed by atoms with E-state index in [0.717, 1.165) is 26.2 Å². The highest BCUT2D eigenvalue weighted by molar-refractivity contribution is 7.89. The standard InChI is InChI=1S/C15H23NO6S/c1-3-4-5-10-22-12-6-8-13(9-7-12)23(20,21)16-11-15(2,19)14(17)18/h6-9,16,19H,3-5,10-11H2,1-2H3,(H,17,18). The molecule has 1 aromatic rings. The van der Waals surface area contributed by atoms with Crippen molar-refractivity contribution in [3.05, 3.63) is 24.3 Å². The van der Waals surface area contributed by atoms with E-state index in [1.54, 1.807) is 0 Å². The van der Waals surface area contributed by atoms with Crippen LogP contribution in [0.3, 0.4) is 0 Å². The van der Waals surface area contributed by atoms with Gasteiger partial charge < -0.3 is 14.9 Å². The zero-order chi connectivity index (χ0) is 17.5. The van der Waals surface area contributed by atoms with Gasteiger partial charge in [-0.05, 0) is 37.6 Å². The Morgan fingerprint density at radius 2 is 1.87 bits per heavy atom. The van der Waals surface area contributed by atoms with Crippen molar-refractivity contribution >= 4 is 16.0 Å². The molecule has 1 unspecified atom stereocenters. The summed E-state index contributed by atoms with van der Waals surface area (Å²) in [6, 6.07) is 5.81. The first-order chi connectivity index (χ1) is 10.7. The van der Waals surface area contributed by atoms with E-state index in [0.29, 0.717) is 12.4 Å². The van der Waals surface area contributed by atoms with Gasteiger partial charge in [0.15, 0.2) is 5.60 Å². The maximum atomic E-state index is 12.1. The number of aliphatic carboxylic acids is 1. The summed E-state index contributed by atoms with van der Waals surface area (Å²) in [6.45, 7) is 3.05. The van der Waals surface area contributed by atoms with Crippen molar-refractivity contribution in [1.82, 2.24) is 4.72 Å². The van der Waals surface area contributed by atoms with Crippen molar-refractivity contribution in [2.24, 2.45) is 0 Å². The van der Waals surface area contributed by atoms with E-state index in [2.05, 4.69) is 11.6 Å². The summed E-state index contributed by atoms with van der Waals surface area (Å²) in [5.41, 5.74) is -2.17. The molecule has 0 saturated heterocycles. The molecule has 130 valence electrons. The van der Waals surface area contributed by atoms with Gasteiger partial charge in [-0.1, -0.05) is 19.8 Å². The van der Waals surface area contributed by atoms with Crippen LogP contribution in [-0.2, 0) is 14.8 Å². The second-order valence-electron chi connectivity index (χ2n) is 5.43. The predicted octanol–water partition coefficient (Wildman–Crippen LogP) is 1.37. The highest BCUT2D eigenvalue weighted by Gasteiger charge is 2.31. The monoisotopic (exact) mass is 345 g/mol. The lowest BCUT2D eigenvalue weighted by molar-refractivity contribution is -0.155. The molecular weight excluding hydrogens is 322 g/mol. The van der Waals surface area contributed by atoms with Crippen molar-refractivity contribution in [2.75, 3.05) is 13.2 Å². The summed E-state index contributed by atoms with van der Waals surface area (Å²) in [5, 5.41) is 18.3. The third kappa shape index (κ3) is 6.17. The van der Waals surface area contributed by atoms with Gasteiger partial charge in [-0.3, -0.25) is 0 Å². The Hall–Kier alpha value is -1.64. The lowest BCUT2D eigenvalue weighted by Crippen LogP contribution is -2.46. The number of hydrogen-bond acceptors (Lipinski definition) is 5. The third-order valence-electron chi connectivity index (χ3n) is 3.22. The summed E-state index contributed by atoms with van der Waals surface area (Å²) < 4.78 is 31.7. The van der Waals surface area contributed by atoms with Crippen LogP contribution in [0.5, 0.6) is 5.75 Å². The van der Waals surface area contributed by atoms with Crippen LogP contribution in [0.25, 0.3) is 0 Å². The SMILES string of the molecule is CCCCCOc1ccc(S(=O)(=O)NCC(C)(O)C(=O)O)cc1. The number of carboxylic acids is 1. The first-order valence-electron chi connectivity index (χ1n) is 7.37. The van der Waals surface area contributed by atoms with Gasteiger partial charge in [0.2, 0.25) is 10.0 Å². The van der Waals surface area contributed by atoms with Crippen LogP contribution < -0.4 is 9.46 Å². The second kappa shape index (κ2) is 8.28. The molecule has 0 aliphatic rings. The third-order valence-corrected chi connectivity index (χ3v) is 4.63. The highest BCUT2D eigenvalue weighted by atomic mass is 32.2. The molecule has 0 aliphatic carbocycles. The van der Waals surface area contributed by atoms with Crippen LogP contribution in [0.4, 0.5) is 0 Å². The zero-order valence-corrected chi connectivity index (χ0v) is 14.1. The molecule has 0 spiro atoms. The van der Waals surface area contributed by atoms with E-state index >= 15 is 0 Å². The molecule has 1 rings (SSSR count). The normalized spacial score (nSPS) is 14.2. The minimum atomic E-state index is -3.90. The van der Waals surface area contributed by atoms with Gasteiger partial charge in [-0.15, -0.1) is 0 Å². The molecule has 0 bridgehead atoms. The largest absolute Gasteiger partial charge is 0.494 e. The molecule has 8 heteroatoms. The molecule has 0 heterocycles. The number of benzene rings is 1. The van der Waals surface area contributed by atoms with Gasteiger partial charge in [0.25, 0.3) is 0 Å². The highest BCUT2D eigenvalue weighted by Crippen LogP contribution is 2.17. The van der Waals surface area contributed by atoms with Crippen LogP contribution in [-0.4, -0.2) is 43.4 Å². The molecule has 3 N–H and O–H groups in total. The Labute approximate surface area is 136 Å². The zero-order valence-electron chi connectivity index (χ0n) is 13.3. The van der Waals surface area contributed by atoms with Gasteiger partial charge >= 0.3 is 5.97 Å². The molecule has 0 fully saturated rings. The van der Waals surface area contributed by atoms with E-state index in [1.165, 1.54) is 24.3 Å². The van der Waals surface area contributed by atoms with Gasteiger partial charge in [0, 0.05) is 0 Å². The number of ether oxygens (including phenoxy) is 1. The summed E-state index contributed by atoms with van der Waals surface area (Å²) in [4.78, 5) is 10.7. The number of carboxylic acid groups (broad SMARTS) is 1. The smallest absolute Gasteiger partial charge is 0.336 e.